The van der Waals surface area contributed by atoms with Gasteiger partial charge in [0.2, 0.25) is 0 Å². The molecule has 0 unspecified atom stereocenters. The number of ketones is 3. The van der Waals surface area contributed by atoms with Crippen molar-refractivity contribution in [1.29, 1.82) is 0 Å². The van der Waals surface area contributed by atoms with Crippen LogP contribution in [0.25, 0.3) is 6.08 Å². The molecule has 3 aliphatic rings. The van der Waals surface area contributed by atoms with Gasteiger partial charge in [0.15, 0.2) is 17.3 Å². The molecule has 0 saturated carbocycles. The molecule has 0 radical (unpaired) electrons. The maximum absolute atomic E-state index is 14.9. The number of carbonyl (C=O) groups is 4. The van der Waals surface area contributed by atoms with Crippen LogP contribution in [0.15, 0.2) is 97.1 Å². The number of hydrogen-bond acceptors (Lipinski definition) is 8. The van der Waals surface area contributed by atoms with E-state index in [4.69, 9.17) is 14.2 Å². The van der Waals surface area contributed by atoms with Gasteiger partial charge in [0, 0.05) is 46.8 Å². The van der Waals surface area contributed by atoms with Crippen molar-refractivity contribution in [2.45, 2.75) is 24.9 Å². The fourth-order valence-electron chi connectivity index (χ4n) is 7.36. The number of nitrogens with zero attached hydrogens (tertiary/aromatic N) is 1. The Bertz CT molecular complexity index is 1890. The second-order valence-corrected chi connectivity index (χ2v) is 11.4. The van der Waals surface area contributed by atoms with Crippen molar-refractivity contribution in [3.8, 4) is 17.2 Å². The lowest BCUT2D eigenvalue weighted by Gasteiger charge is -2.37. The van der Waals surface area contributed by atoms with Crippen LogP contribution in [0.2, 0.25) is 0 Å². The minimum atomic E-state index is -1.67. The molecule has 4 aromatic carbocycles. The Morgan fingerprint density at radius 1 is 0.778 bits per heavy atom. The third-order valence-corrected chi connectivity index (χ3v) is 9.16. The fourth-order valence-corrected chi connectivity index (χ4v) is 7.36. The van der Waals surface area contributed by atoms with Gasteiger partial charge in [0.1, 0.15) is 28.7 Å². The number of benzene rings is 4. The molecule has 1 saturated heterocycles. The molecule has 224 valence electrons. The van der Waals surface area contributed by atoms with E-state index in [1.165, 1.54) is 14.0 Å². The molecule has 1 fully saturated rings. The van der Waals surface area contributed by atoms with E-state index < -0.39 is 29.4 Å². The Kier molecular flexibility index (Phi) is 6.66. The largest absolute Gasteiger partial charge is 0.497 e. The van der Waals surface area contributed by atoms with Crippen LogP contribution in [0, 0.1) is 5.41 Å². The number of carbonyl (C=O) groups excluding carboxylic acids is 4. The van der Waals surface area contributed by atoms with Crippen LogP contribution in [0.4, 0.5) is 5.69 Å². The first-order valence-corrected chi connectivity index (χ1v) is 14.6. The predicted octanol–water partition coefficient (Wildman–Crippen LogP) is 5.95. The van der Waals surface area contributed by atoms with Gasteiger partial charge in [0.05, 0.1) is 20.3 Å². The van der Waals surface area contributed by atoms with Gasteiger partial charge < -0.3 is 19.1 Å². The molecular weight excluding hydrogens is 570 g/mol. The molecule has 8 heteroatoms. The van der Waals surface area contributed by atoms with Crippen molar-refractivity contribution >= 4 is 35.1 Å². The highest BCUT2D eigenvalue weighted by molar-refractivity contribution is 6.32. The highest BCUT2D eigenvalue weighted by Gasteiger charge is 2.72. The van der Waals surface area contributed by atoms with Gasteiger partial charge >= 0.3 is 5.97 Å². The number of ether oxygens (including phenoxy) is 3. The summed E-state index contributed by atoms with van der Waals surface area (Å²) >= 11 is 0. The highest BCUT2D eigenvalue weighted by Crippen LogP contribution is 2.62. The van der Waals surface area contributed by atoms with E-state index in [1.807, 2.05) is 41.3 Å². The smallest absolute Gasteiger partial charge is 0.308 e. The van der Waals surface area contributed by atoms with Gasteiger partial charge in [-0.25, -0.2) is 0 Å². The quantitative estimate of drug-likeness (QED) is 0.116. The summed E-state index contributed by atoms with van der Waals surface area (Å²) in [5.41, 5.74) is 1.50. The lowest BCUT2D eigenvalue weighted by Crippen LogP contribution is -2.48. The van der Waals surface area contributed by atoms with Crippen molar-refractivity contribution in [2.75, 3.05) is 19.1 Å². The number of rotatable bonds is 6. The second-order valence-electron chi connectivity index (χ2n) is 11.4. The molecule has 0 amide bonds. The van der Waals surface area contributed by atoms with Crippen LogP contribution < -0.4 is 19.1 Å². The standard InChI is InChI=1S/C37H29NO7/c1-21(39)45-24-15-12-23(13-16-24)34(40)33-32(28-18-17-25(43-2)20-30(28)44-3)37(35(41)26-9-5-6-10-27(26)36(37)42)31-19-14-22-8-4-7-11-29(22)38(31)33/h4-20,31-33H,1-3H3/t31-,32-,33-/m1/s1. The molecule has 2 aliphatic heterocycles. The Morgan fingerprint density at radius 2 is 1.42 bits per heavy atom. The van der Waals surface area contributed by atoms with Crippen molar-refractivity contribution in [1.82, 2.24) is 0 Å². The summed E-state index contributed by atoms with van der Waals surface area (Å²) in [6, 6.07) is 24.3. The zero-order valence-corrected chi connectivity index (χ0v) is 24.9. The molecule has 0 bridgehead atoms. The van der Waals surface area contributed by atoms with Gasteiger partial charge in [0.25, 0.3) is 0 Å². The average Bonchev–Trinajstić information content (AvgIpc) is 3.50. The molecule has 8 nitrogen and oxygen atoms in total. The number of para-hydroxylation sites is 1. The Labute approximate surface area is 259 Å². The molecule has 45 heavy (non-hydrogen) atoms. The Hall–Kier alpha value is -5.50. The number of hydrogen-bond donors (Lipinski definition) is 0. The summed E-state index contributed by atoms with van der Waals surface area (Å²) in [5, 5.41) is 0. The van der Waals surface area contributed by atoms with E-state index in [0.29, 0.717) is 39.5 Å². The summed E-state index contributed by atoms with van der Waals surface area (Å²) in [7, 11) is 3.06. The van der Waals surface area contributed by atoms with Crippen molar-refractivity contribution in [3.05, 3.63) is 125 Å². The first kappa shape index (κ1) is 28.3. The minimum absolute atomic E-state index is 0.296. The number of methoxy groups -OCH3 is 2. The Morgan fingerprint density at radius 3 is 2.07 bits per heavy atom. The lowest BCUT2D eigenvalue weighted by atomic mass is 9.64. The van der Waals surface area contributed by atoms with Crippen LogP contribution in [0.3, 0.4) is 0 Å². The van der Waals surface area contributed by atoms with Gasteiger partial charge in [-0.1, -0.05) is 60.7 Å². The zero-order valence-electron chi connectivity index (χ0n) is 24.9. The molecule has 7 rings (SSSR count). The molecule has 0 N–H and O–H groups in total. The monoisotopic (exact) mass is 599 g/mol. The van der Waals surface area contributed by atoms with Gasteiger partial charge in [-0.2, -0.15) is 0 Å². The second kappa shape index (κ2) is 10.6. The number of fused-ring (bicyclic) bond motifs is 5. The van der Waals surface area contributed by atoms with E-state index >= 15 is 0 Å². The number of anilines is 1. The molecule has 3 atom stereocenters. The summed E-state index contributed by atoms with van der Waals surface area (Å²) in [5.74, 6) is -1.15. The van der Waals surface area contributed by atoms with Crippen molar-refractivity contribution in [3.63, 3.8) is 0 Å². The summed E-state index contributed by atoms with van der Waals surface area (Å²) in [6.45, 7) is 1.30. The first-order chi connectivity index (χ1) is 21.8. The molecule has 4 aromatic rings. The summed E-state index contributed by atoms with van der Waals surface area (Å²) in [6.07, 6.45) is 3.80. The topological polar surface area (TPSA) is 99.2 Å². The summed E-state index contributed by atoms with van der Waals surface area (Å²) < 4.78 is 16.5. The van der Waals surface area contributed by atoms with Crippen LogP contribution in [0.1, 0.15) is 55.0 Å². The fraction of sp³-hybridized carbons (Fsp3) is 0.189. The molecule has 0 aromatic heterocycles. The molecular formula is C37H29NO7. The zero-order chi connectivity index (χ0) is 31.5. The van der Waals surface area contributed by atoms with Crippen molar-refractivity contribution in [2.24, 2.45) is 5.41 Å². The number of esters is 1. The van der Waals surface area contributed by atoms with E-state index in [-0.39, 0.29) is 17.3 Å². The molecule has 1 spiro atoms. The van der Waals surface area contributed by atoms with Crippen LogP contribution >= 0.6 is 0 Å². The van der Waals surface area contributed by atoms with Crippen LogP contribution in [-0.2, 0) is 4.79 Å². The maximum atomic E-state index is 14.9. The SMILES string of the molecule is COc1ccc([C@@H]2[C@H](C(=O)c3ccc(OC(C)=O)cc3)N3c4ccccc4C=C[C@@H]3C23C(=O)c2ccccc2C3=O)c(OC)c1. The lowest BCUT2D eigenvalue weighted by molar-refractivity contribution is -0.131. The molecule has 2 heterocycles. The van der Waals surface area contributed by atoms with E-state index in [1.54, 1.807) is 73.8 Å². The van der Waals surface area contributed by atoms with Gasteiger partial charge in [-0.15, -0.1) is 0 Å². The first-order valence-electron chi connectivity index (χ1n) is 14.6. The van der Waals surface area contributed by atoms with E-state index in [0.717, 1.165) is 11.3 Å². The third kappa shape index (κ3) is 4.05. The third-order valence-electron chi connectivity index (χ3n) is 9.16. The van der Waals surface area contributed by atoms with Crippen molar-refractivity contribution < 1.29 is 33.4 Å². The summed E-state index contributed by atoms with van der Waals surface area (Å²) in [4.78, 5) is 58.1. The number of Topliss-reactive ketones (excluding diaryl/α,β-unsaturated/α-hetero) is 3. The predicted molar refractivity (Wildman–Crippen MR) is 167 cm³/mol. The highest BCUT2D eigenvalue weighted by atomic mass is 16.5. The molecule has 1 aliphatic carbocycles. The maximum Gasteiger partial charge on any atom is 0.308 e. The van der Waals surface area contributed by atoms with Gasteiger partial charge in [-0.05, 0) is 42.0 Å². The van der Waals surface area contributed by atoms with E-state index in [9.17, 15) is 19.2 Å². The normalized spacial score (nSPS) is 20.4. The van der Waals surface area contributed by atoms with Crippen LogP contribution in [0.5, 0.6) is 17.2 Å². The minimum Gasteiger partial charge on any atom is -0.497 e. The Balaban J connectivity index is 1.52. The van der Waals surface area contributed by atoms with E-state index in [2.05, 4.69) is 0 Å². The average molecular weight is 600 g/mol. The van der Waals surface area contributed by atoms with Gasteiger partial charge in [-0.3, -0.25) is 19.2 Å². The van der Waals surface area contributed by atoms with Crippen LogP contribution in [-0.4, -0.2) is 49.6 Å².